The minimum Gasteiger partial charge on any atom is -0.490 e. The van der Waals surface area contributed by atoms with Crippen LogP contribution < -0.4 is 14.8 Å². The van der Waals surface area contributed by atoms with E-state index in [2.05, 4.69) is 10.1 Å². The molecule has 0 fully saturated rings. The van der Waals surface area contributed by atoms with Crippen LogP contribution in [-0.4, -0.2) is 19.1 Å². The Kier molecular flexibility index (Phi) is 4.90. The summed E-state index contributed by atoms with van der Waals surface area (Å²) in [6, 6.07) is 9.63. The predicted molar refractivity (Wildman–Crippen MR) is 92.2 cm³/mol. The van der Waals surface area contributed by atoms with E-state index in [1.807, 2.05) is 0 Å². The van der Waals surface area contributed by atoms with E-state index < -0.39 is 6.61 Å². The van der Waals surface area contributed by atoms with Crippen molar-refractivity contribution in [1.29, 1.82) is 0 Å². The third-order valence-corrected chi connectivity index (χ3v) is 3.79. The molecule has 0 aliphatic carbocycles. The molecule has 2 aromatic carbocycles. The zero-order chi connectivity index (χ0) is 18.0. The van der Waals surface area contributed by atoms with Crippen molar-refractivity contribution in [3.63, 3.8) is 0 Å². The summed E-state index contributed by atoms with van der Waals surface area (Å²) < 4.78 is 34.7. The highest BCUT2D eigenvalue weighted by atomic mass is 35.5. The number of hydrogen-bond acceptors (Lipinski definition) is 3. The summed E-state index contributed by atoms with van der Waals surface area (Å²) in [6.07, 6.45) is 1.66. The number of carbonyl (C=O) groups excluding carboxylic acids is 1. The number of nitrogens with one attached hydrogen (secondary N) is 1. The Morgan fingerprint density at radius 2 is 2.00 bits per heavy atom. The first kappa shape index (κ1) is 17.2. The van der Waals surface area contributed by atoms with Crippen LogP contribution in [0.15, 0.2) is 36.4 Å². The molecule has 7 heteroatoms. The molecule has 0 radical (unpaired) electrons. The Morgan fingerprint density at radius 1 is 1.20 bits per heavy atom. The number of benzene rings is 2. The molecule has 25 heavy (non-hydrogen) atoms. The van der Waals surface area contributed by atoms with Gasteiger partial charge in [-0.05, 0) is 42.8 Å². The summed E-state index contributed by atoms with van der Waals surface area (Å²) in [5.74, 6) is -0.128. The van der Waals surface area contributed by atoms with Gasteiger partial charge in [-0.15, -0.1) is 0 Å². The molecule has 1 aliphatic rings. The Labute approximate surface area is 148 Å². The summed E-state index contributed by atoms with van der Waals surface area (Å²) in [4.78, 5) is 12.2. The van der Waals surface area contributed by atoms with Gasteiger partial charge in [-0.2, -0.15) is 8.78 Å². The molecule has 2 aromatic rings. The average molecular weight is 366 g/mol. The number of rotatable bonds is 5. The second-order valence-electron chi connectivity index (χ2n) is 5.22. The summed E-state index contributed by atoms with van der Waals surface area (Å²) in [7, 11) is 0. The first-order valence-corrected chi connectivity index (χ1v) is 7.90. The molecule has 1 heterocycles. The first-order chi connectivity index (χ1) is 12.0. The fourth-order valence-electron chi connectivity index (χ4n) is 2.55. The standard InChI is InChI=1S/C18H14ClF2NO3/c1-2-24-16-8-10(3-6-15(16)25-18(20)21)7-13-12-5-4-11(19)9-14(12)22-17(13)23/h3-9,18H,2H2,1H3,(H,22,23)/b13-7+. The van der Waals surface area contributed by atoms with Crippen LogP contribution in [0, 0.1) is 0 Å². The third-order valence-electron chi connectivity index (χ3n) is 3.56. The van der Waals surface area contributed by atoms with Crippen LogP contribution in [0.5, 0.6) is 11.5 Å². The SMILES string of the molecule is CCOc1cc(/C=C2/C(=O)Nc3cc(Cl)ccc32)ccc1OC(F)F. The third kappa shape index (κ3) is 3.74. The van der Waals surface area contributed by atoms with Crippen molar-refractivity contribution in [3.8, 4) is 11.5 Å². The molecule has 130 valence electrons. The maximum absolute atomic E-state index is 12.5. The Morgan fingerprint density at radius 3 is 2.72 bits per heavy atom. The number of halogens is 3. The molecule has 4 nitrogen and oxygen atoms in total. The highest BCUT2D eigenvalue weighted by Gasteiger charge is 2.24. The fourth-order valence-corrected chi connectivity index (χ4v) is 2.72. The highest BCUT2D eigenvalue weighted by molar-refractivity contribution is 6.36. The smallest absolute Gasteiger partial charge is 0.387 e. The number of ether oxygens (including phenoxy) is 2. The van der Waals surface area contributed by atoms with E-state index in [1.54, 1.807) is 43.3 Å². The maximum Gasteiger partial charge on any atom is 0.387 e. The summed E-state index contributed by atoms with van der Waals surface area (Å²) >= 11 is 5.93. The fraction of sp³-hybridized carbons (Fsp3) is 0.167. The predicted octanol–water partition coefficient (Wildman–Crippen LogP) is 4.83. The van der Waals surface area contributed by atoms with Gasteiger partial charge >= 0.3 is 6.61 Å². The number of fused-ring (bicyclic) bond motifs is 1. The molecular formula is C18H14ClF2NO3. The van der Waals surface area contributed by atoms with E-state index in [1.165, 1.54) is 6.07 Å². The first-order valence-electron chi connectivity index (χ1n) is 7.52. The zero-order valence-corrected chi connectivity index (χ0v) is 13.9. The van der Waals surface area contributed by atoms with Crippen LogP contribution in [0.3, 0.4) is 0 Å². The lowest BCUT2D eigenvalue weighted by Gasteiger charge is -2.12. The quantitative estimate of drug-likeness (QED) is 0.772. The Hall–Kier alpha value is -2.60. The molecule has 0 unspecified atom stereocenters. The van der Waals surface area contributed by atoms with Crippen molar-refractivity contribution < 1.29 is 23.0 Å². The van der Waals surface area contributed by atoms with Gasteiger partial charge in [0.15, 0.2) is 11.5 Å². The van der Waals surface area contributed by atoms with E-state index >= 15 is 0 Å². The molecule has 1 aliphatic heterocycles. The molecule has 1 amide bonds. The van der Waals surface area contributed by atoms with Crippen molar-refractivity contribution in [3.05, 3.63) is 52.5 Å². The number of amides is 1. The van der Waals surface area contributed by atoms with E-state index in [9.17, 15) is 13.6 Å². The lowest BCUT2D eigenvalue weighted by molar-refractivity contribution is -0.110. The number of hydrogen-bond donors (Lipinski definition) is 1. The van der Waals surface area contributed by atoms with Gasteiger partial charge in [-0.25, -0.2) is 0 Å². The number of anilines is 1. The lowest BCUT2D eigenvalue weighted by atomic mass is 10.0. The second-order valence-corrected chi connectivity index (χ2v) is 5.66. The summed E-state index contributed by atoms with van der Waals surface area (Å²) in [6.45, 7) is -0.913. The number of alkyl halides is 2. The van der Waals surface area contributed by atoms with Crippen molar-refractivity contribution >= 4 is 34.8 Å². The second kappa shape index (κ2) is 7.11. The molecule has 0 saturated carbocycles. The molecule has 0 aromatic heterocycles. The molecule has 0 saturated heterocycles. The molecule has 3 rings (SSSR count). The van der Waals surface area contributed by atoms with E-state index in [0.29, 0.717) is 28.5 Å². The Balaban J connectivity index is 1.99. The molecule has 0 atom stereocenters. The van der Waals surface area contributed by atoms with E-state index in [0.717, 1.165) is 5.56 Å². The van der Waals surface area contributed by atoms with Gasteiger partial charge < -0.3 is 14.8 Å². The van der Waals surface area contributed by atoms with Crippen LogP contribution in [0.4, 0.5) is 14.5 Å². The van der Waals surface area contributed by atoms with Gasteiger partial charge in [0.2, 0.25) is 0 Å². The average Bonchev–Trinajstić information content (AvgIpc) is 2.84. The van der Waals surface area contributed by atoms with E-state index in [-0.39, 0.29) is 17.4 Å². The molecule has 1 N–H and O–H groups in total. The molecule has 0 bridgehead atoms. The van der Waals surface area contributed by atoms with E-state index in [4.69, 9.17) is 16.3 Å². The van der Waals surface area contributed by atoms with Crippen molar-refractivity contribution in [1.82, 2.24) is 0 Å². The Bertz CT molecular complexity index is 852. The minimum absolute atomic E-state index is 0.0537. The van der Waals surface area contributed by atoms with Crippen LogP contribution in [0.25, 0.3) is 11.6 Å². The largest absolute Gasteiger partial charge is 0.490 e. The molecule has 0 spiro atoms. The monoisotopic (exact) mass is 365 g/mol. The maximum atomic E-state index is 12.5. The van der Waals surface area contributed by atoms with Gasteiger partial charge in [0.1, 0.15) is 0 Å². The van der Waals surface area contributed by atoms with Crippen molar-refractivity contribution in [2.24, 2.45) is 0 Å². The number of carbonyl (C=O) groups is 1. The van der Waals surface area contributed by atoms with Crippen molar-refractivity contribution in [2.45, 2.75) is 13.5 Å². The van der Waals surface area contributed by atoms with Crippen LogP contribution in [0.2, 0.25) is 5.02 Å². The minimum atomic E-state index is -2.94. The molecular weight excluding hydrogens is 352 g/mol. The van der Waals surface area contributed by atoms with Gasteiger partial charge in [0.25, 0.3) is 5.91 Å². The van der Waals surface area contributed by atoms with Gasteiger partial charge in [0, 0.05) is 16.2 Å². The van der Waals surface area contributed by atoms with Crippen LogP contribution in [0.1, 0.15) is 18.1 Å². The normalized spacial score (nSPS) is 14.6. The van der Waals surface area contributed by atoms with Crippen molar-refractivity contribution in [2.75, 3.05) is 11.9 Å². The van der Waals surface area contributed by atoms with Crippen LogP contribution >= 0.6 is 11.6 Å². The topological polar surface area (TPSA) is 47.6 Å². The summed E-state index contributed by atoms with van der Waals surface area (Å²) in [5.41, 5.74) is 2.43. The highest BCUT2D eigenvalue weighted by Crippen LogP contribution is 2.36. The van der Waals surface area contributed by atoms with Gasteiger partial charge in [0.05, 0.1) is 12.3 Å². The lowest BCUT2D eigenvalue weighted by Crippen LogP contribution is -2.05. The van der Waals surface area contributed by atoms with Gasteiger partial charge in [-0.1, -0.05) is 23.7 Å². The summed E-state index contributed by atoms with van der Waals surface area (Å²) in [5, 5.41) is 3.26. The van der Waals surface area contributed by atoms with Crippen LogP contribution in [-0.2, 0) is 4.79 Å². The van der Waals surface area contributed by atoms with Gasteiger partial charge in [-0.3, -0.25) is 4.79 Å². The zero-order valence-electron chi connectivity index (χ0n) is 13.2.